The highest BCUT2D eigenvalue weighted by atomic mass is 16.3. The summed E-state index contributed by atoms with van der Waals surface area (Å²) < 4.78 is 1.82. The summed E-state index contributed by atoms with van der Waals surface area (Å²) in [4.78, 5) is 0. The quantitative estimate of drug-likeness (QED) is 0.547. The molecule has 5 heteroatoms. The molecule has 0 fully saturated rings. The minimum absolute atomic E-state index is 0.379. The Hall–Kier alpha value is -2.92. The third-order valence-electron chi connectivity index (χ3n) is 4.97. The second-order valence-corrected chi connectivity index (χ2v) is 7.28. The van der Waals surface area contributed by atoms with E-state index in [1.54, 1.807) is 0 Å². The first kappa shape index (κ1) is 17.5. The zero-order chi connectivity index (χ0) is 19.0. The molecule has 2 heterocycles. The second kappa shape index (κ2) is 7.00. The molecule has 0 saturated carbocycles. The molecule has 1 atom stereocenters. The molecule has 0 spiro atoms. The number of fused-ring (bicyclic) bond motifs is 1. The van der Waals surface area contributed by atoms with Crippen LogP contribution in [0.5, 0.6) is 0 Å². The second-order valence-electron chi connectivity index (χ2n) is 7.28. The molecule has 0 aliphatic heterocycles. The van der Waals surface area contributed by atoms with Crippen molar-refractivity contribution in [1.82, 2.24) is 20.0 Å². The van der Waals surface area contributed by atoms with Gasteiger partial charge in [0.15, 0.2) is 0 Å². The van der Waals surface area contributed by atoms with Crippen LogP contribution in [0.15, 0.2) is 54.7 Å². The lowest BCUT2D eigenvalue weighted by Crippen LogP contribution is -2.08. The van der Waals surface area contributed by atoms with E-state index in [1.807, 2.05) is 53.3 Å². The van der Waals surface area contributed by atoms with Crippen molar-refractivity contribution in [2.24, 2.45) is 0 Å². The lowest BCUT2D eigenvalue weighted by Gasteiger charge is -2.10. The van der Waals surface area contributed by atoms with Gasteiger partial charge in [-0.15, -0.1) is 0 Å². The van der Waals surface area contributed by atoms with E-state index < -0.39 is 6.10 Å². The van der Waals surface area contributed by atoms with Crippen molar-refractivity contribution in [2.45, 2.75) is 39.3 Å². The monoisotopic (exact) mass is 360 g/mol. The van der Waals surface area contributed by atoms with E-state index in [0.29, 0.717) is 12.5 Å². The van der Waals surface area contributed by atoms with Crippen LogP contribution >= 0.6 is 0 Å². The maximum atomic E-state index is 10.5. The molecular formula is C22H24N4O. The fourth-order valence-electron chi connectivity index (χ4n) is 3.70. The fraction of sp³-hybridized carbons (Fsp3) is 0.273. The Balaban J connectivity index is 1.73. The Morgan fingerprint density at radius 2 is 1.85 bits per heavy atom. The van der Waals surface area contributed by atoms with Crippen molar-refractivity contribution in [1.29, 1.82) is 0 Å². The van der Waals surface area contributed by atoms with Gasteiger partial charge in [0.1, 0.15) is 0 Å². The van der Waals surface area contributed by atoms with Crippen LogP contribution in [0, 0.1) is 6.92 Å². The number of aromatic amines is 1. The highest BCUT2D eigenvalue weighted by molar-refractivity contribution is 5.94. The van der Waals surface area contributed by atoms with Crippen LogP contribution < -0.4 is 0 Å². The molecular weight excluding hydrogens is 336 g/mol. The summed E-state index contributed by atoms with van der Waals surface area (Å²) in [6.07, 6.45) is 1.41. The van der Waals surface area contributed by atoms with Crippen molar-refractivity contribution >= 4 is 10.9 Å². The van der Waals surface area contributed by atoms with Crippen LogP contribution in [0.25, 0.3) is 22.2 Å². The van der Waals surface area contributed by atoms with Crippen LogP contribution in [0.2, 0.25) is 0 Å². The first-order valence-corrected chi connectivity index (χ1v) is 9.29. The zero-order valence-corrected chi connectivity index (χ0v) is 15.8. The number of hydrogen-bond donors (Lipinski definition) is 2. The standard InChI is InChI=1S/C22H24N4O/c1-14(2)21-15(3)23-24-22(21)17-10-7-11-19-18(17)12-26(25-19)13-20(27)16-8-5-4-6-9-16/h4-12,14,20,27H,13H2,1-3H3,(H,23,24)/t20-/m0/s1. The number of hydrogen-bond acceptors (Lipinski definition) is 3. The molecule has 0 bridgehead atoms. The number of benzene rings is 2. The van der Waals surface area contributed by atoms with E-state index in [4.69, 9.17) is 0 Å². The number of rotatable bonds is 5. The number of nitrogens with zero attached hydrogens (tertiary/aromatic N) is 3. The van der Waals surface area contributed by atoms with Gasteiger partial charge < -0.3 is 5.11 Å². The van der Waals surface area contributed by atoms with E-state index in [2.05, 4.69) is 42.1 Å². The lowest BCUT2D eigenvalue weighted by atomic mass is 9.95. The van der Waals surface area contributed by atoms with E-state index in [9.17, 15) is 5.11 Å². The van der Waals surface area contributed by atoms with E-state index in [0.717, 1.165) is 33.4 Å². The predicted molar refractivity (Wildman–Crippen MR) is 108 cm³/mol. The number of aliphatic hydroxyl groups excluding tert-OH is 1. The minimum Gasteiger partial charge on any atom is -0.386 e. The van der Waals surface area contributed by atoms with Crippen molar-refractivity contribution < 1.29 is 5.11 Å². The molecule has 0 aliphatic carbocycles. The molecule has 2 aromatic carbocycles. The highest BCUT2D eigenvalue weighted by Crippen LogP contribution is 2.34. The van der Waals surface area contributed by atoms with Gasteiger partial charge in [0, 0.05) is 28.4 Å². The molecule has 0 amide bonds. The summed E-state index contributed by atoms with van der Waals surface area (Å²) in [5.41, 5.74) is 6.19. The van der Waals surface area contributed by atoms with Crippen LogP contribution in [0.3, 0.4) is 0 Å². The maximum Gasteiger partial charge on any atom is 0.0985 e. The number of H-pyrrole nitrogens is 1. The largest absolute Gasteiger partial charge is 0.386 e. The number of aromatic nitrogens is 4. The maximum absolute atomic E-state index is 10.5. The van der Waals surface area contributed by atoms with Crippen molar-refractivity contribution in [3.8, 4) is 11.3 Å². The van der Waals surface area contributed by atoms with Gasteiger partial charge in [-0.1, -0.05) is 56.3 Å². The minimum atomic E-state index is -0.595. The molecule has 0 aliphatic rings. The van der Waals surface area contributed by atoms with Gasteiger partial charge in [-0.05, 0) is 24.5 Å². The summed E-state index contributed by atoms with van der Waals surface area (Å²) in [6.45, 7) is 6.84. The Morgan fingerprint density at radius 3 is 2.59 bits per heavy atom. The van der Waals surface area contributed by atoms with Crippen LogP contribution in [0.1, 0.15) is 42.7 Å². The number of nitrogens with one attached hydrogen (secondary N) is 1. The molecule has 4 rings (SSSR count). The molecule has 138 valence electrons. The van der Waals surface area contributed by atoms with Crippen molar-refractivity contribution in [2.75, 3.05) is 0 Å². The zero-order valence-electron chi connectivity index (χ0n) is 15.8. The summed E-state index contributed by atoms with van der Waals surface area (Å²) in [5, 5.41) is 23.9. The third-order valence-corrected chi connectivity index (χ3v) is 4.97. The van der Waals surface area contributed by atoms with Gasteiger partial charge >= 0.3 is 0 Å². The third kappa shape index (κ3) is 3.26. The molecule has 27 heavy (non-hydrogen) atoms. The molecule has 0 radical (unpaired) electrons. The molecule has 2 N–H and O–H groups in total. The first-order valence-electron chi connectivity index (χ1n) is 9.29. The van der Waals surface area contributed by atoms with Crippen molar-refractivity contribution in [3.63, 3.8) is 0 Å². The Kier molecular flexibility index (Phi) is 4.54. The number of aryl methyl sites for hydroxylation is 1. The van der Waals surface area contributed by atoms with E-state index in [1.165, 1.54) is 5.56 Å². The summed E-state index contributed by atoms with van der Waals surface area (Å²) in [6, 6.07) is 15.8. The Labute approximate surface area is 158 Å². The topological polar surface area (TPSA) is 66.7 Å². The summed E-state index contributed by atoms with van der Waals surface area (Å²) in [7, 11) is 0. The van der Waals surface area contributed by atoms with Crippen molar-refractivity contribution in [3.05, 3.63) is 71.5 Å². The SMILES string of the molecule is Cc1[nH]nc(-c2cccc3nn(C[C@H](O)c4ccccc4)cc23)c1C(C)C. The smallest absolute Gasteiger partial charge is 0.0985 e. The van der Waals surface area contributed by atoms with Gasteiger partial charge in [-0.3, -0.25) is 9.78 Å². The van der Waals surface area contributed by atoms with Gasteiger partial charge in [-0.25, -0.2) is 0 Å². The summed E-state index contributed by atoms with van der Waals surface area (Å²) in [5.74, 6) is 0.379. The molecule has 5 nitrogen and oxygen atoms in total. The van der Waals surface area contributed by atoms with Gasteiger partial charge in [0.2, 0.25) is 0 Å². The van der Waals surface area contributed by atoms with E-state index >= 15 is 0 Å². The molecule has 2 aromatic heterocycles. The summed E-state index contributed by atoms with van der Waals surface area (Å²) >= 11 is 0. The highest BCUT2D eigenvalue weighted by Gasteiger charge is 2.18. The van der Waals surface area contributed by atoms with Gasteiger partial charge in [-0.2, -0.15) is 10.2 Å². The predicted octanol–water partition coefficient (Wildman–Crippen LogP) is 4.59. The average Bonchev–Trinajstić information content (AvgIpc) is 3.25. The van der Waals surface area contributed by atoms with Gasteiger partial charge in [0.25, 0.3) is 0 Å². The van der Waals surface area contributed by atoms with Crippen LogP contribution in [-0.2, 0) is 6.54 Å². The molecule has 4 aromatic rings. The fourth-order valence-corrected chi connectivity index (χ4v) is 3.70. The Morgan fingerprint density at radius 1 is 1.07 bits per heavy atom. The molecule has 0 unspecified atom stereocenters. The van der Waals surface area contributed by atoms with E-state index in [-0.39, 0.29) is 0 Å². The average molecular weight is 360 g/mol. The lowest BCUT2D eigenvalue weighted by molar-refractivity contribution is 0.152. The van der Waals surface area contributed by atoms with Gasteiger partial charge in [0.05, 0.1) is 23.9 Å². The first-order chi connectivity index (χ1) is 13.0. The molecule has 0 saturated heterocycles. The number of aliphatic hydroxyl groups is 1. The Bertz CT molecular complexity index is 1060. The van der Waals surface area contributed by atoms with Crippen LogP contribution in [-0.4, -0.2) is 25.1 Å². The van der Waals surface area contributed by atoms with Crippen LogP contribution in [0.4, 0.5) is 0 Å². The normalized spacial score (nSPS) is 12.8.